The first kappa shape index (κ1) is 13.8. The van der Waals surface area contributed by atoms with Gasteiger partial charge in [0.25, 0.3) is 0 Å². The Morgan fingerprint density at radius 2 is 1.33 bits per heavy atom. The van der Waals surface area contributed by atoms with Gasteiger partial charge in [-0.25, -0.2) is 8.78 Å². The van der Waals surface area contributed by atoms with Crippen LogP contribution in [0, 0.1) is 11.6 Å². The second-order valence-electron chi connectivity index (χ2n) is 2.25. The largest absolute Gasteiger partial charge is 0.399 e. The number of carbonyl (C=O) groups excluding carboxylic acids is 2. The Hall–Kier alpha value is -1.20. The fraction of sp³-hybridized carbons (Fsp3) is 0. The zero-order valence-electron chi connectivity index (χ0n) is 7.14. The number of halogens is 4. The first-order valence-corrected chi connectivity index (χ1v) is 4.19. The van der Waals surface area contributed by atoms with Gasteiger partial charge >= 0.3 is 10.5 Å². The second-order valence-corrected chi connectivity index (χ2v) is 2.94. The first-order chi connectivity index (χ1) is 6.82. The van der Waals surface area contributed by atoms with E-state index in [1.807, 2.05) is 0 Å². The molecule has 15 heavy (non-hydrogen) atoms. The van der Waals surface area contributed by atoms with Gasteiger partial charge in [-0.3, -0.25) is 9.59 Å². The van der Waals surface area contributed by atoms with E-state index in [1.165, 1.54) is 0 Å². The number of rotatable bonds is 1. The summed E-state index contributed by atoms with van der Waals surface area (Å²) in [4.78, 5) is 18.9. The molecule has 1 rings (SSSR count). The second kappa shape index (κ2) is 6.31. The monoisotopic (exact) mass is 255 g/mol. The Bertz CT molecular complexity index is 322. The standard InChI is InChI=1S/C6H5F2N.C2Cl2O2/c7-4-1-5(8)3-6(9)2-4;3-1(5)2(4)6/h1-3H,9H2;. The zero-order chi connectivity index (χ0) is 12.0. The minimum Gasteiger partial charge on any atom is -0.399 e. The van der Waals surface area contributed by atoms with Crippen molar-refractivity contribution in [1.82, 2.24) is 0 Å². The highest BCUT2D eigenvalue weighted by atomic mass is 35.5. The number of hydrogen-bond donors (Lipinski definition) is 1. The summed E-state index contributed by atoms with van der Waals surface area (Å²) in [5, 5.41) is -2.28. The molecule has 0 aliphatic heterocycles. The molecule has 1 aromatic rings. The minimum atomic E-state index is -1.14. The van der Waals surface area contributed by atoms with Crippen molar-refractivity contribution in [2.45, 2.75) is 0 Å². The summed E-state index contributed by atoms with van der Waals surface area (Å²) in [6, 6.07) is 2.89. The molecule has 3 nitrogen and oxygen atoms in total. The van der Waals surface area contributed by atoms with E-state index in [1.54, 1.807) is 0 Å². The fourth-order valence-corrected chi connectivity index (χ4v) is 0.575. The number of carbonyl (C=O) groups is 2. The Kier molecular flexibility index (Phi) is 5.81. The van der Waals surface area contributed by atoms with E-state index in [2.05, 4.69) is 23.2 Å². The molecule has 7 heteroatoms. The third kappa shape index (κ3) is 6.82. The van der Waals surface area contributed by atoms with Crippen LogP contribution in [0.1, 0.15) is 0 Å². The third-order valence-corrected chi connectivity index (χ3v) is 1.48. The van der Waals surface area contributed by atoms with Gasteiger partial charge in [0, 0.05) is 11.8 Å². The average Bonchev–Trinajstić information content (AvgIpc) is 2.01. The van der Waals surface area contributed by atoms with Gasteiger partial charge in [0.2, 0.25) is 0 Å². The van der Waals surface area contributed by atoms with E-state index in [-0.39, 0.29) is 5.69 Å². The number of hydrogen-bond acceptors (Lipinski definition) is 3. The lowest BCUT2D eigenvalue weighted by Gasteiger charge is -1.91. The lowest BCUT2D eigenvalue weighted by Crippen LogP contribution is -1.94. The van der Waals surface area contributed by atoms with E-state index in [9.17, 15) is 18.4 Å². The molecule has 0 heterocycles. The van der Waals surface area contributed by atoms with Gasteiger partial charge < -0.3 is 5.73 Å². The molecular weight excluding hydrogens is 251 g/mol. The molecule has 2 N–H and O–H groups in total. The molecule has 0 radical (unpaired) electrons. The summed E-state index contributed by atoms with van der Waals surface area (Å²) in [7, 11) is 0. The van der Waals surface area contributed by atoms with Gasteiger partial charge in [0.1, 0.15) is 11.6 Å². The predicted molar refractivity (Wildman–Crippen MR) is 52.5 cm³/mol. The van der Waals surface area contributed by atoms with E-state index in [4.69, 9.17) is 5.73 Å². The Labute approximate surface area is 93.8 Å². The summed E-state index contributed by atoms with van der Waals surface area (Å²) in [5.41, 5.74) is 5.18. The van der Waals surface area contributed by atoms with E-state index in [0.29, 0.717) is 0 Å². The normalized spacial score (nSPS) is 8.80. The quantitative estimate of drug-likeness (QED) is 0.475. The lowest BCUT2D eigenvalue weighted by molar-refractivity contribution is -0.127. The van der Waals surface area contributed by atoms with Crippen molar-refractivity contribution >= 4 is 39.4 Å². The molecule has 0 aliphatic carbocycles. The number of nitrogens with two attached hydrogens (primary N) is 1. The van der Waals surface area contributed by atoms with Crippen LogP contribution in [0.3, 0.4) is 0 Å². The highest BCUT2D eigenvalue weighted by molar-refractivity contribution is 6.97. The molecule has 1 aromatic carbocycles. The van der Waals surface area contributed by atoms with E-state index >= 15 is 0 Å². The van der Waals surface area contributed by atoms with E-state index < -0.39 is 22.1 Å². The number of anilines is 1. The molecule has 0 fully saturated rings. The topological polar surface area (TPSA) is 60.2 Å². The third-order valence-electron chi connectivity index (χ3n) is 1.04. The van der Waals surface area contributed by atoms with Crippen molar-refractivity contribution in [1.29, 1.82) is 0 Å². The summed E-state index contributed by atoms with van der Waals surface area (Å²) >= 11 is 8.98. The highest BCUT2D eigenvalue weighted by Gasteiger charge is 2.01. The average molecular weight is 256 g/mol. The maximum absolute atomic E-state index is 12.1. The molecule has 0 atom stereocenters. The Morgan fingerprint density at radius 1 is 1.00 bits per heavy atom. The Balaban J connectivity index is 0.000000288. The maximum atomic E-state index is 12.1. The minimum absolute atomic E-state index is 0.104. The van der Waals surface area contributed by atoms with Crippen LogP contribution in [0.2, 0.25) is 0 Å². The highest BCUT2D eigenvalue weighted by Crippen LogP contribution is 2.07. The predicted octanol–water partition coefficient (Wildman–Crippen LogP) is 2.06. The molecular formula is C8H5Cl2F2NO2. The molecule has 0 spiro atoms. The van der Waals surface area contributed by atoms with Crippen LogP contribution in [0.15, 0.2) is 18.2 Å². The van der Waals surface area contributed by atoms with Gasteiger partial charge in [-0.05, 0) is 35.3 Å². The van der Waals surface area contributed by atoms with Crippen molar-refractivity contribution in [3.63, 3.8) is 0 Å². The van der Waals surface area contributed by atoms with Crippen molar-refractivity contribution in [2.75, 3.05) is 5.73 Å². The smallest absolute Gasteiger partial charge is 0.304 e. The molecule has 0 amide bonds. The molecule has 0 aliphatic rings. The van der Waals surface area contributed by atoms with Gasteiger partial charge in [0.05, 0.1) is 0 Å². The molecule has 0 bridgehead atoms. The van der Waals surface area contributed by atoms with Crippen molar-refractivity contribution in [3.05, 3.63) is 29.8 Å². The Morgan fingerprint density at radius 3 is 1.53 bits per heavy atom. The summed E-state index contributed by atoms with van der Waals surface area (Å²) in [5.74, 6) is -1.29. The summed E-state index contributed by atoms with van der Waals surface area (Å²) < 4.78 is 24.2. The van der Waals surface area contributed by atoms with Crippen molar-refractivity contribution < 1.29 is 18.4 Å². The maximum Gasteiger partial charge on any atom is 0.304 e. The molecule has 0 unspecified atom stereocenters. The van der Waals surface area contributed by atoms with Crippen LogP contribution in [-0.2, 0) is 9.59 Å². The fourth-order valence-electron chi connectivity index (χ4n) is 0.575. The van der Waals surface area contributed by atoms with E-state index in [0.717, 1.165) is 18.2 Å². The molecule has 0 saturated heterocycles. The molecule has 0 saturated carbocycles. The SMILES string of the molecule is Nc1cc(F)cc(F)c1.O=C(Cl)C(=O)Cl. The summed E-state index contributed by atoms with van der Waals surface area (Å²) in [6.07, 6.45) is 0. The van der Waals surface area contributed by atoms with Crippen LogP contribution in [-0.4, -0.2) is 10.5 Å². The van der Waals surface area contributed by atoms with Crippen LogP contribution in [0.4, 0.5) is 14.5 Å². The number of benzene rings is 1. The van der Waals surface area contributed by atoms with Gasteiger partial charge in [-0.15, -0.1) is 0 Å². The van der Waals surface area contributed by atoms with Crippen LogP contribution in [0.25, 0.3) is 0 Å². The van der Waals surface area contributed by atoms with Gasteiger partial charge in [0.15, 0.2) is 0 Å². The molecule has 0 aromatic heterocycles. The van der Waals surface area contributed by atoms with Crippen LogP contribution in [0.5, 0.6) is 0 Å². The van der Waals surface area contributed by atoms with Crippen LogP contribution < -0.4 is 5.73 Å². The summed E-state index contributed by atoms with van der Waals surface area (Å²) in [6.45, 7) is 0. The van der Waals surface area contributed by atoms with Crippen LogP contribution >= 0.6 is 23.2 Å². The molecule has 82 valence electrons. The van der Waals surface area contributed by atoms with Crippen molar-refractivity contribution in [3.8, 4) is 0 Å². The van der Waals surface area contributed by atoms with Gasteiger partial charge in [-0.2, -0.15) is 0 Å². The first-order valence-electron chi connectivity index (χ1n) is 3.43. The van der Waals surface area contributed by atoms with Crippen molar-refractivity contribution in [2.24, 2.45) is 0 Å². The lowest BCUT2D eigenvalue weighted by atomic mass is 10.3. The zero-order valence-corrected chi connectivity index (χ0v) is 8.65. The number of nitrogen functional groups attached to an aromatic ring is 1. The van der Waals surface area contributed by atoms with Gasteiger partial charge in [-0.1, -0.05) is 0 Å².